The molecule has 0 unspecified atom stereocenters. The molecule has 0 aromatic carbocycles. The first-order chi connectivity index (χ1) is 12.1. The van der Waals surface area contributed by atoms with Crippen LogP contribution in [0.5, 0.6) is 0 Å². The lowest BCUT2D eigenvalue weighted by Gasteiger charge is -2.26. The fraction of sp³-hybridized carbons (Fsp3) is 1.00. The third-order valence-electron chi connectivity index (χ3n) is 5.63. The summed E-state index contributed by atoms with van der Waals surface area (Å²) < 4.78 is 0. The van der Waals surface area contributed by atoms with Crippen molar-refractivity contribution in [2.75, 3.05) is 59.4 Å². The first-order valence-corrected chi connectivity index (χ1v) is 11.2. The molecule has 3 heteroatoms. The zero-order chi connectivity index (χ0) is 19.6. The minimum Gasteiger partial charge on any atom is -0.304 e. The molecule has 1 aliphatic heterocycles. The molecule has 26 heavy (non-hydrogen) atoms. The van der Waals surface area contributed by atoms with Gasteiger partial charge in [-0.2, -0.15) is 0 Å². The molecule has 0 atom stereocenters. The number of rotatable bonds is 8. The monoisotopic (exact) mass is 367 g/mol. The van der Waals surface area contributed by atoms with E-state index in [0.29, 0.717) is 10.8 Å². The molecule has 0 aromatic rings. The molecular formula is C23H49N3. The minimum absolute atomic E-state index is 0.484. The Morgan fingerprint density at radius 3 is 1.23 bits per heavy atom. The zero-order valence-corrected chi connectivity index (χ0v) is 19.2. The van der Waals surface area contributed by atoms with Crippen molar-refractivity contribution in [1.82, 2.24) is 14.7 Å². The van der Waals surface area contributed by atoms with E-state index < -0.39 is 0 Å². The molecule has 0 aromatic heterocycles. The van der Waals surface area contributed by atoms with E-state index in [1.807, 2.05) is 0 Å². The molecule has 0 spiro atoms. The van der Waals surface area contributed by atoms with Gasteiger partial charge in [-0.1, -0.05) is 54.4 Å². The summed E-state index contributed by atoms with van der Waals surface area (Å²) in [4.78, 5) is 7.95. The van der Waals surface area contributed by atoms with Gasteiger partial charge in [0.1, 0.15) is 0 Å². The highest BCUT2D eigenvalue weighted by atomic mass is 15.2. The second-order valence-corrected chi connectivity index (χ2v) is 11.0. The summed E-state index contributed by atoms with van der Waals surface area (Å²) in [7, 11) is 2.29. The lowest BCUT2D eigenvalue weighted by Crippen LogP contribution is -2.37. The van der Waals surface area contributed by atoms with Crippen molar-refractivity contribution < 1.29 is 0 Å². The van der Waals surface area contributed by atoms with Gasteiger partial charge in [0.2, 0.25) is 0 Å². The molecule has 0 radical (unpaired) electrons. The van der Waals surface area contributed by atoms with E-state index in [9.17, 15) is 0 Å². The maximum Gasteiger partial charge on any atom is 0.0110 e. The van der Waals surface area contributed by atoms with Crippen LogP contribution in [0, 0.1) is 10.8 Å². The molecule has 1 heterocycles. The number of likely N-dealkylation sites (N-methyl/N-ethyl adjacent to an activating group) is 1. The lowest BCUT2D eigenvalue weighted by molar-refractivity contribution is 0.209. The van der Waals surface area contributed by atoms with E-state index in [1.165, 1.54) is 90.9 Å². The van der Waals surface area contributed by atoms with Crippen LogP contribution in [0.25, 0.3) is 0 Å². The zero-order valence-electron chi connectivity index (χ0n) is 19.2. The van der Waals surface area contributed by atoms with Gasteiger partial charge in [-0.05, 0) is 56.7 Å². The second kappa shape index (κ2) is 11.7. The van der Waals surface area contributed by atoms with Gasteiger partial charge in [0, 0.05) is 39.3 Å². The van der Waals surface area contributed by atoms with Crippen molar-refractivity contribution in [1.29, 1.82) is 0 Å². The van der Waals surface area contributed by atoms with Gasteiger partial charge in [-0.15, -0.1) is 0 Å². The summed E-state index contributed by atoms with van der Waals surface area (Å²) in [5, 5.41) is 0. The Morgan fingerprint density at radius 1 is 0.538 bits per heavy atom. The third-order valence-corrected chi connectivity index (χ3v) is 5.63. The molecule has 0 saturated carbocycles. The SMILES string of the molecule is CN1CCN(CCCCC(C)(C)C)CCN(CCCCC(C)(C)C)CC1. The molecule has 0 amide bonds. The van der Waals surface area contributed by atoms with Gasteiger partial charge in [0.25, 0.3) is 0 Å². The fourth-order valence-corrected chi connectivity index (χ4v) is 3.67. The Labute approximate surface area is 165 Å². The van der Waals surface area contributed by atoms with Gasteiger partial charge in [-0.3, -0.25) is 0 Å². The van der Waals surface area contributed by atoms with Crippen LogP contribution in [0.1, 0.15) is 80.1 Å². The van der Waals surface area contributed by atoms with E-state index in [1.54, 1.807) is 0 Å². The number of hydrogen-bond donors (Lipinski definition) is 0. The summed E-state index contributed by atoms with van der Waals surface area (Å²) >= 11 is 0. The highest BCUT2D eigenvalue weighted by Gasteiger charge is 2.16. The predicted octanol–water partition coefficient (Wildman–Crippen LogP) is 4.97. The average molecular weight is 368 g/mol. The molecule has 1 saturated heterocycles. The van der Waals surface area contributed by atoms with Gasteiger partial charge >= 0.3 is 0 Å². The summed E-state index contributed by atoms with van der Waals surface area (Å²) in [6.45, 7) is 24.1. The molecule has 0 bridgehead atoms. The van der Waals surface area contributed by atoms with Crippen LogP contribution in [-0.4, -0.2) is 74.1 Å². The van der Waals surface area contributed by atoms with Crippen LogP contribution in [0.4, 0.5) is 0 Å². The van der Waals surface area contributed by atoms with E-state index in [0.717, 1.165) is 0 Å². The number of unbranched alkanes of at least 4 members (excludes halogenated alkanes) is 2. The van der Waals surface area contributed by atoms with Crippen LogP contribution in [0.15, 0.2) is 0 Å². The number of nitrogens with zero attached hydrogens (tertiary/aromatic N) is 3. The summed E-state index contributed by atoms with van der Waals surface area (Å²) in [5.74, 6) is 0. The first kappa shape index (κ1) is 23.9. The Hall–Kier alpha value is -0.120. The normalized spacial score (nSPS) is 20.0. The molecule has 3 nitrogen and oxygen atoms in total. The molecule has 1 aliphatic rings. The van der Waals surface area contributed by atoms with Crippen molar-refractivity contribution in [3.63, 3.8) is 0 Å². The molecule has 0 aliphatic carbocycles. The predicted molar refractivity (Wildman–Crippen MR) is 117 cm³/mol. The van der Waals surface area contributed by atoms with Crippen LogP contribution < -0.4 is 0 Å². The van der Waals surface area contributed by atoms with Crippen LogP contribution in [0.2, 0.25) is 0 Å². The standard InChI is InChI=1S/C23H49N3/c1-22(2,3)12-8-10-14-25-18-16-24(7)17-19-26(21-20-25)15-11-9-13-23(4,5)6/h8-21H2,1-7H3. The van der Waals surface area contributed by atoms with E-state index in [4.69, 9.17) is 0 Å². The maximum absolute atomic E-state index is 2.71. The highest BCUT2D eigenvalue weighted by molar-refractivity contribution is 4.71. The van der Waals surface area contributed by atoms with Crippen molar-refractivity contribution in [3.8, 4) is 0 Å². The van der Waals surface area contributed by atoms with E-state index >= 15 is 0 Å². The lowest BCUT2D eigenvalue weighted by atomic mass is 9.90. The van der Waals surface area contributed by atoms with Gasteiger partial charge in [0.15, 0.2) is 0 Å². The third kappa shape index (κ3) is 13.1. The average Bonchev–Trinajstić information content (AvgIpc) is 2.59. The summed E-state index contributed by atoms with van der Waals surface area (Å²) in [6, 6.07) is 0. The highest BCUT2D eigenvalue weighted by Crippen LogP contribution is 2.22. The Morgan fingerprint density at radius 2 is 0.885 bits per heavy atom. The van der Waals surface area contributed by atoms with Crippen molar-refractivity contribution in [2.45, 2.75) is 80.1 Å². The minimum atomic E-state index is 0.484. The summed E-state index contributed by atoms with van der Waals surface area (Å²) in [5.41, 5.74) is 0.968. The van der Waals surface area contributed by atoms with Crippen molar-refractivity contribution in [3.05, 3.63) is 0 Å². The van der Waals surface area contributed by atoms with Crippen molar-refractivity contribution in [2.24, 2.45) is 10.8 Å². The quantitative estimate of drug-likeness (QED) is 0.561. The molecular weight excluding hydrogens is 318 g/mol. The van der Waals surface area contributed by atoms with Crippen LogP contribution in [0.3, 0.4) is 0 Å². The Bertz CT molecular complexity index is 319. The Balaban J connectivity index is 2.34. The van der Waals surface area contributed by atoms with Gasteiger partial charge in [0.05, 0.1) is 0 Å². The van der Waals surface area contributed by atoms with Gasteiger partial charge in [-0.25, -0.2) is 0 Å². The molecule has 1 fully saturated rings. The molecule has 156 valence electrons. The van der Waals surface area contributed by atoms with Crippen molar-refractivity contribution >= 4 is 0 Å². The topological polar surface area (TPSA) is 9.72 Å². The largest absolute Gasteiger partial charge is 0.304 e. The van der Waals surface area contributed by atoms with Gasteiger partial charge < -0.3 is 14.7 Å². The van der Waals surface area contributed by atoms with Crippen LogP contribution >= 0.6 is 0 Å². The molecule has 0 N–H and O–H groups in total. The van der Waals surface area contributed by atoms with E-state index in [-0.39, 0.29) is 0 Å². The fourth-order valence-electron chi connectivity index (χ4n) is 3.67. The maximum atomic E-state index is 2.71. The summed E-state index contributed by atoms with van der Waals surface area (Å²) in [6.07, 6.45) is 8.14. The smallest absolute Gasteiger partial charge is 0.0110 e. The van der Waals surface area contributed by atoms with Crippen LogP contribution in [-0.2, 0) is 0 Å². The number of hydrogen-bond acceptors (Lipinski definition) is 3. The second-order valence-electron chi connectivity index (χ2n) is 11.0. The Kier molecular flexibility index (Phi) is 10.7. The van der Waals surface area contributed by atoms with E-state index in [2.05, 4.69) is 63.3 Å². The molecule has 1 rings (SSSR count). The first-order valence-electron chi connectivity index (χ1n) is 11.2.